The molecule has 1 atom stereocenters. The van der Waals surface area contributed by atoms with E-state index in [2.05, 4.69) is 0 Å². The Morgan fingerprint density at radius 3 is 2.90 bits per heavy atom. The van der Waals surface area contributed by atoms with Crippen molar-refractivity contribution >= 4 is 5.97 Å². The Hall–Kier alpha value is -1.75. The van der Waals surface area contributed by atoms with Crippen molar-refractivity contribution in [1.82, 2.24) is 4.90 Å². The van der Waals surface area contributed by atoms with Crippen LogP contribution in [0.25, 0.3) is 0 Å². The summed E-state index contributed by atoms with van der Waals surface area (Å²) in [4.78, 5) is 12.9. The fourth-order valence-corrected chi connectivity index (χ4v) is 2.78. The van der Waals surface area contributed by atoms with Gasteiger partial charge in [-0.1, -0.05) is 6.92 Å². The smallest absolute Gasteiger partial charge is 0.317 e. The van der Waals surface area contributed by atoms with Gasteiger partial charge in [0.15, 0.2) is 0 Å². The van der Waals surface area contributed by atoms with Crippen LogP contribution in [0.2, 0.25) is 0 Å². The molecule has 0 fully saturated rings. The van der Waals surface area contributed by atoms with E-state index in [-0.39, 0.29) is 12.6 Å². The molecule has 2 rings (SSSR count). The number of nitrogens with zero attached hydrogens (tertiary/aromatic N) is 1. The third-order valence-corrected chi connectivity index (χ3v) is 3.57. The summed E-state index contributed by atoms with van der Waals surface area (Å²) in [6.45, 7) is 5.43. The maximum atomic E-state index is 11.0. The molecule has 21 heavy (non-hydrogen) atoms. The second kappa shape index (κ2) is 6.80. The highest BCUT2D eigenvalue weighted by molar-refractivity contribution is 5.69. The van der Waals surface area contributed by atoms with Crippen LogP contribution in [0, 0.1) is 0 Å². The van der Waals surface area contributed by atoms with E-state index >= 15 is 0 Å². The number of benzene rings is 1. The van der Waals surface area contributed by atoms with Gasteiger partial charge in [-0.25, -0.2) is 0 Å². The lowest BCUT2D eigenvalue weighted by Crippen LogP contribution is -2.30. The molecule has 0 radical (unpaired) electrons. The molecule has 116 valence electrons. The zero-order chi connectivity index (χ0) is 15.4. The highest BCUT2D eigenvalue weighted by atomic mass is 16.5. The summed E-state index contributed by atoms with van der Waals surface area (Å²) in [6.07, 6.45) is 1.94. The lowest BCUT2D eigenvalue weighted by molar-refractivity contribution is -0.138. The first-order chi connectivity index (χ1) is 10.0. The summed E-state index contributed by atoms with van der Waals surface area (Å²) in [6, 6.07) is 3.95. The average molecular weight is 293 g/mol. The first kappa shape index (κ1) is 15.6. The third kappa shape index (κ3) is 3.88. The number of carbonyl (C=O) groups is 1. The van der Waals surface area contributed by atoms with Crippen LogP contribution >= 0.6 is 0 Å². The molecule has 1 aromatic carbocycles. The van der Waals surface area contributed by atoms with E-state index in [1.54, 1.807) is 7.11 Å². The molecule has 0 spiro atoms. The van der Waals surface area contributed by atoms with Crippen molar-refractivity contribution in [3.05, 3.63) is 23.3 Å². The number of rotatable bonds is 7. The predicted molar refractivity (Wildman–Crippen MR) is 80.0 cm³/mol. The monoisotopic (exact) mass is 293 g/mol. The molecule has 0 saturated carbocycles. The molecule has 1 aliphatic rings. The van der Waals surface area contributed by atoms with E-state index in [1.165, 1.54) is 0 Å². The number of methoxy groups -OCH3 is 1. The highest BCUT2D eigenvalue weighted by Crippen LogP contribution is 2.36. The molecular formula is C16H23NO4. The van der Waals surface area contributed by atoms with Crippen molar-refractivity contribution in [2.24, 2.45) is 0 Å². The summed E-state index contributed by atoms with van der Waals surface area (Å²) in [5, 5.41) is 9.03. The van der Waals surface area contributed by atoms with Gasteiger partial charge in [0.2, 0.25) is 0 Å². The highest BCUT2D eigenvalue weighted by Gasteiger charge is 2.24. The fourth-order valence-electron chi connectivity index (χ4n) is 2.78. The van der Waals surface area contributed by atoms with Crippen molar-refractivity contribution in [3.63, 3.8) is 0 Å². The Morgan fingerprint density at radius 2 is 2.29 bits per heavy atom. The predicted octanol–water partition coefficient (Wildman–Crippen LogP) is 2.32. The Bertz CT molecular complexity index is 515. The number of hydrogen-bond donors (Lipinski definition) is 1. The maximum absolute atomic E-state index is 11.0. The molecule has 5 heteroatoms. The number of carboxylic acid groups (broad SMARTS) is 1. The van der Waals surface area contributed by atoms with Gasteiger partial charge in [0.1, 0.15) is 17.6 Å². The minimum atomic E-state index is -0.808. The average Bonchev–Trinajstić information content (AvgIpc) is 2.78. The second-order valence-electron chi connectivity index (χ2n) is 5.51. The summed E-state index contributed by atoms with van der Waals surface area (Å²) in [5.74, 6) is 0.889. The first-order valence-electron chi connectivity index (χ1n) is 7.34. The Kier molecular flexibility index (Phi) is 5.07. The Labute approximate surface area is 125 Å². The van der Waals surface area contributed by atoms with E-state index in [4.69, 9.17) is 14.6 Å². The summed E-state index contributed by atoms with van der Waals surface area (Å²) in [7, 11) is 1.64. The van der Waals surface area contributed by atoms with Crippen LogP contribution in [0.3, 0.4) is 0 Å². The Balaban J connectivity index is 2.25. The van der Waals surface area contributed by atoms with Gasteiger partial charge in [0.05, 0.1) is 13.7 Å². The van der Waals surface area contributed by atoms with Crippen molar-refractivity contribution in [2.75, 3.05) is 20.2 Å². The SMILES string of the molecule is CCCN(CC(=O)O)Cc1cc(OC)cc2c1OC(C)C2. The van der Waals surface area contributed by atoms with Crippen LogP contribution in [0.1, 0.15) is 31.4 Å². The van der Waals surface area contributed by atoms with Gasteiger partial charge in [-0.2, -0.15) is 0 Å². The molecule has 1 N–H and O–H groups in total. The van der Waals surface area contributed by atoms with Crippen LogP contribution in [-0.2, 0) is 17.8 Å². The molecule has 0 saturated heterocycles. The number of aliphatic carboxylic acids is 1. The van der Waals surface area contributed by atoms with Crippen molar-refractivity contribution < 1.29 is 19.4 Å². The zero-order valence-corrected chi connectivity index (χ0v) is 12.9. The van der Waals surface area contributed by atoms with Crippen LogP contribution in [0.5, 0.6) is 11.5 Å². The molecule has 0 amide bonds. The molecule has 0 aromatic heterocycles. The van der Waals surface area contributed by atoms with Crippen LogP contribution in [0.15, 0.2) is 12.1 Å². The lowest BCUT2D eigenvalue weighted by atomic mass is 10.1. The van der Waals surface area contributed by atoms with E-state index in [0.29, 0.717) is 6.54 Å². The fraction of sp³-hybridized carbons (Fsp3) is 0.562. The zero-order valence-electron chi connectivity index (χ0n) is 12.9. The summed E-state index contributed by atoms with van der Waals surface area (Å²) >= 11 is 0. The van der Waals surface area contributed by atoms with Gasteiger partial charge in [-0.15, -0.1) is 0 Å². The van der Waals surface area contributed by atoms with Crippen LogP contribution in [-0.4, -0.2) is 42.3 Å². The first-order valence-corrected chi connectivity index (χ1v) is 7.34. The third-order valence-electron chi connectivity index (χ3n) is 3.57. The molecule has 1 heterocycles. The molecular weight excluding hydrogens is 270 g/mol. The number of ether oxygens (including phenoxy) is 2. The minimum absolute atomic E-state index is 0.0371. The molecule has 0 aliphatic carbocycles. The van der Waals surface area contributed by atoms with E-state index < -0.39 is 5.97 Å². The molecule has 1 aliphatic heterocycles. The molecule has 5 nitrogen and oxygen atoms in total. The molecule has 1 unspecified atom stereocenters. The van der Waals surface area contributed by atoms with Gasteiger partial charge in [0, 0.05) is 24.1 Å². The molecule has 0 bridgehead atoms. The van der Waals surface area contributed by atoms with Crippen LogP contribution in [0.4, 0.5) is 0 Å². The van der Waals surface area contributed by atoms with Gasteiger partial charge in [0.25, 0.3) is 0 Å². The van der Waals surface area contributed by atoms with Crippen LogP contribution < -0.4 is 9.47 Å². The number of carboxylic acids is 1. The number of hydrogen-bond acceptors (Lipinski definition) is 4. The largest absolute Gasteiger partial charge is 0.497 e. The summed E-state index contributed by atoms with van der Waals surface area (Å²) in [5.41, 5.74) is 2.15. The lowest BCUT2D eigenvalue weighted by Gasteiger charge is -2.21. The van der Waals surface area contributed by atoms with Gasteiger partial charge < -0.3 is 14.6 Å². The Morgan fingerprint density at radius 1 is 1.52 bits per heavy atom. The van der Waals surface area contributed by atoms with Gasteiger partial charge in [-0.3, -0.25) is 9.69 Å². The van der Waals surface area contributed by atoms with E-state index in [0.717, 1.165) is 42.0 Å². The molecule has 1 aromatic rings. The normalized spacial score (nSPS) is 16.7. The number of fused-ring (bicyclic) bond motifs is 1. The quantitative estimate of drug-likeness (QED) is 0.836. The summed E-state index contributed by atoms with van der Waals surface area (Å²) < 4.78 is 11.2. The van der Waals surface area contributed by atoms with Crippen molar-refractivity contribution in [2.45, 2.75) is 39.3 Å². The van der Waals surface area contributed by atoms with Crippen molar-refractivity contribution in [1.29, 1.82) is 0 Å². The standard InChI is InChI=1S/C16H23NO4/c1-4-5-17(10-15(18)19)9-13-8-14(20-3)7-12-6-11(2)21-16(12)13/h7-8,11H,4-6,9-10H2,1-3H3,(H,18,19). The minimum Gasteiger partial charge on any atom is -0.497 e. The topological polar surface area (TPSA) is 59.0 Å². The van der Waals surface area contributed by atoms with E-state index in [9.17, 15) is 4.79 Å². The van der Waals surface area contributed by atoms with Gasteiger partial charge in [-0.05, 0) is 32.0 Å². The maximum Gasteiger partial charge on any atom is 0.317 e. The second-order valence-corrected chi connectivity index (χ2v) is 5.51. The van der Waals surface area contributed by atoms with Gasteiger partial charge >= 0.3 is 5.97 Å². The van der Waals surface area contributed by atoms with Crippen molar-refractivity contribution in [3.8, 4) is 11.5 Å². The van der Waals surface area contributed by atoms with E-state index in [1.807, 2.05) is 30.9 Å².